The Balaban J connectivity index is 2.42. The summed E-state index contributed by atoms with van der Waals surface area (Å²) >= 11 is 16.7. The maximum atomic E-state index is 12.1. The minimum absolute atomic E-state index is 0.000402. The minimum atomic E-state index is -0.529. The molecule has 6 nitrogen and oxygen atoms in total. The van der Waals surface area contributed by atoms with Crippen LogP contribution in [0.2, 0.25) is 10.0 Å². The fraction of sp³-hybridized carbons (Fsp3) is 0.389. The molecule has 0 unspecified atom stereocenters. The molecule has 146 valence electrons. The van der Waals surface area contributed by atoms with Crippen LogP contribution in [0.1, 0.15) is 44.2 Å². The van der Waals surface area contributed by atoms with Gasteiger partial charge in [0.05, 0.1) is 22.2 Å². The number of aliphatic hydroxyl groups excluding tert-OH is 1. The number of allylic oxidation sites excluding steroid dienone is 1. The number of hydrogen-bond acceptors (Lipinski definition) is 5. The lowest BCUT2D eigenvalue weighted by atomic mass is 9.89. The number of nitrogens with zero attached hydrogens (tertiary/aromatic N) is 1. The maximum Gasteiger partial charge on any atom is 0.327 e. The smallest absolute Gasteiger partial charge is 0.327 e. The van der Waals surface area contributed by atoms with Gasteiger partial charge in [0.25, 0.3) is 0 Å². The number of carbonyl (C=O) groups excluding carboxylic acids is 3. The molecule has 0 saturated heterocycles. The molecule has 0 atom stereocenters. The lowest BCUT2D eigenvalue weighted by Gasteiger charge is -2.20. The van der Waals surface area contributed by atoms with Crippen LogP contribution >= 0.6 is 36.0 Å². The van der Waals surface area contributed by atoms with E-state index in [1.54, 1.807) is 6.07 Å². The predicted octanol–water partition coefficient (Wildman–Crippen LogP) is 4.35. The molecule has 27 heavy (non-hydrogen) atoms. The normalized spacial score (nSPS) is 14.5. The van der Waals surface area contributed by atoms with E-state index in [0.717, 1.165) is 4.31 Å². The number of hydrogen-bond donors (Lipinski definition) is 3. The third kappa shape index (κ3) is 4.97. The number of aliphatic hydroxyl groups is 1. The molecular weight excluding hydrogens is 411 g/mol. The topological polar surface area (TPSA) is 86.7 Å². The first-order chi connectivity index (χ1) is 12.6. The van der Waals surface area contributed by atoms with Crippen LogP contribution in [0.3, 0.4) is 0 Å². The van der Waals surface area contributed by atoms with Gasteiger partial charge in [0.1, 0.15) is 11.3 Å². The van der Waals surface area contributed by atoms with E-state index in [1.807, 2.05) is 13.8 Å². The van der Waals surface area contributed by atoms with Crippen molar-refractivity contribution >= 4 is 59.4 Å². The molecule has 0 radical (unpaired) electrons. The van der Waals surface area contributed by atoms with Gasteiger partial charge in [0.15, 0.2) is 11.6 Å². The van der Waals surface area contributed by atoms with Gasteiger partial charge >= 0.3 is 6.03 Å². The Bertz CT molecular complexity index is 806. The third-order valence-corrected chi connectivity index (χ3v) is 5.05. The molecular formula is C18H20Cl2N2O4S. The number of halogens is 2. The molecule has 1 aromatic rings. The molecule has 9 heteroatoms. The Hall–Kier alpha value is -1.70. The van der Waals surface area contributed by atoms with E-state index < -0.39 is 23.4 Å². The Morgan fingerprint density at radius 2 is 1.85 bits per heavy atom. The molecule has 0 spiro atoms. The van der Waals surface area contributed by atoms with E-state index in [1.165, 1.54) is 6.07 Å². The standard InChI is InChI=1S/C18H20Cl2N2O4S/c1-9(2)21-18(26)22(27)8-10-6-7-11(19)14(16(10)20)17(25)15-12(23)4-3-5-13(15)24/h6-7,9,25,27H,3-5,8H2,1-2H3,(H,21,26). The van der Waals surface area contributed by atoms with E-state index >= 15 is 0 Å². The number of benzene rings is 1. The summed E-state index contributed by atoms with van der Waals surface area (Å²) in [7, 11) is 0. The zero-order valence-corrected chi connectivity index (χ0v) is 17.3. The molecule has 0 bridgehead atoms. The Morgan fingerprint density at radius 3 is 2.41 bits per heavy atom. The van der Waals surface area contributed by atoms with E-state index in [0.29, 0.717) is 12.0 Å². The molecule has 1 aliphatic rings. The number of Topliss-reactive ketones (excluding diaryl/α,β-unsaturated/α-hetero) is 2. The van der Waals surface area contributed by atoms with Gasteiger partial charge in [-0.3, -0.25) is 13.9 Å². The van der Waals surface area contributed by atoms with Crippen molar-refractivity contribution < 1.29 is 19.5 Å². The molecule has 0 heterocycles. The monoisotopic (exact) mass is 430 g/mol. The second-order valence-corrected chi connectivity index (χ2v) is 7.75. The average molecular weight is 431 g/mol. The van der Waals surface area contributed by atoms with Crippen molar-refractivity contribution in [3.05, 3.63) is 38.9 Å². The van der Waals surface area contributed by atoms with Crippen molar-refractivity contribution in [3.63, 3.8) is 0 Å². The SMILES string of the molecule is CC(C)NC(=O)N(S)Cc1ccc(Cl)c(C(O)=C2C(=O)CCCC2=O)c1Cl. The summed E-state index contributed by atoms with van der Waals surface area (Å²) in [6.07, 6.45) is 0.815. The fourth-order valence-electron chi connectivity index (χ4n) is 2.69. The number of ketones is 2. The highest BCUT2D eigenvalue weighted by molar-refractivity contribution is 7.78. The summed E-state index contributed by atoms with van der Waals surface area (Å²) in [5.41, 5.74) is 0.177. The van der Waals surface area contributed by atoms with E-state index in [9.17, 15) is 19.5 Å². The van der Waals surface area contributed by atoms with E-state index in [2.05, 4.69) is 18.1 Å². The quantitative estimate of drug-likeness (QED) is 0.286. The molecule has 0 aliphatic heterocycles. The second kappa shape index (κ2) is 8.99. The first-order valence-corrected chi connectivity index (χ1v) is 9.52. The first-order valence-electron chi connectivity index (χ1n) is 8.37. The predicted molar refractivity (Wildman–Crippen MR) is 108 cm³/mol. The van der Waals surface area contributed by atoms with Crippen molar-refractivity contribution in [1.29, 1.82) is 0 Å². The van der Waals surface area contributed by atoms with Gasteiger partial charge < -0.3 is 10.4 Å². The van der Waals surface area contributed by atoms with Crippen LogP contribution in [0.5, 0.6) is 0 Å². The third-order valence-electron chi connectivity index (χ3n) is 3.98. The largest absolute Gasteiger partial charge is 0.506 e. The Kier molecular flexibility index (Phi) is 7.19. The lowest BCUT2D eigenvalue weighted by Crippen LogP contribution is -2.37. The van der Waals surface area contributed by atoms with Gasteiger partial charge in [0, 0.05) is 18.9 Å². The summed E-state index contributed by atoms with van der Waals surface area (Å²) in [6, 6.07) is 2.58. The van der Waals surface area contributed by atoms with Crippen molar-refractivity contribution in [3.8, 4) is 0 Å². The van der Waals surface area contributed by atoms with Gasteiger partial charge in [-0.2, -0.15) is 0 Å². The Labute approximate surface area is 173 Å². The highest BCUT2D eigenvalue weighted by Crippen LogP contribution is 2.36. The average Bonchev–Trinajstić information content (AvgIpc) is 2.56. The molecule has 0 aromatic heterocycles. The van der Waals surface area contributed by atoms with Gasteiger partial charge in [-0.1, -0.05) is 42.1 Å². The van der Waals surface area contributed by atoms with E-state index in [-0.39, 0.29) is 46.6 Å². The molecule has 2 rings (SSSR count). The first kappa shape index (κ1) is 21.6. The number of rotatable bonds is 4. The zero-order valence-electron chi connectivity index (χ0n) is 14.9. The van der Waals surface area contributed by atoms with Gasteiger partial charge in [-0.15, -0.1) is 0 Å². The van der Waals surface area contributed by atoms with Crippen LogP contribution in [0.25, 0.3) is 5.76 Å². The summed E-state index contributed by atoms with van der Waals surface area (Å²) in [4.78, 5) is 36.2. The van der Waals surface area contributed by atoms with Gasteiger partial charge in [0.2, 0.25) is 0 Å². The lowest BCUT2D eigenvalue weighted by molar-refractivity contribution is -0.123. The number of urea groups is 1. The summed E-state index contributed by atoms with van der Waals surface area (Å²) < 4.78 is 1.13. The maximum absolute atomic E-state index is 12.1. The number of nitrogens with one attached hydrogen (secondary N) is 1. The second-order valence-electron chi connectivity index (χ2n) is 6.48. The van der Waals surface area contributed by atoms with Crippen LogP contribution in [0, 0.1) is 0 Å². The minimum Gasteiger partial charge on any atom is -0.506 e. The van der Waals surface area contributed by atoms with Crippen molar-refractivity contribution in [1.82, 2.24) is 9.62 Å². The zero-order chi connectivity index (χ0) is 20.3. The molecule has 2 amide bonds. The van der Waals surface area contributed by atoms with Gasteiger partial charge in [-0.25, -0.2) is 4.79 Å². The van der Waals surface area contributed by atoms with Crippen LogP contribution in [-0.4, -0.2) is 33.1 Å². The summed E-state index contributed by atoms with van der Waals surface area (Å²) in [5.74, 6) is -1.40. The molecule has 1 fully saturated rings. The fourth-order valence-corrected chi connectivity index (χ4v) is 3.51. The summed E-state index contributed by atoms with van der Waals surface area (Å²) in [6.45, 7) is 3.65. The molecule has 1 aliphatic carbocycles. The van der Waals surface area contributed by atoms with Crippen molar-refractivity contribution in [2.75, 3.05) is 0 Å². The highest BCUT2D eigenvalue weighted by Gasteiger charge is 2.30. The van der Waals surface area contributed by atoms with Crippen LogP contribution in [-0.2, 0) is 16.1 Å². The molecule has 1 aromatic carbocycles. The number of amides is 2. The molecule has 1 saturated carbocycles. The number of thiol groups is 1. The number of carbonyl (C=O) groups is 3. The highest BCUT2D eigenvalue weighted by atomic mass is 35.5. The summed E-state index contributed by atoms with van der Waals surface area (Å²) in [5, 5.41) is 13.4. The van der Waals surface area contributed by atoms with Crippen LogP contribution < -0.4 is 5.32 Å². The van der Waals surface area contributed by atoms with Crippen molar-refractivity contribution in [2.45, 2.75) is 45.7 Å². The van der Waals surface area contributed by atoms with Crippen molar-refractivity contribution in [2.24, 2.45) is 0 Å². The Morgan fingerprint density at radius 1 is 1.26 bits per heavy atom. The van der Waals surface area contributed by atoms with Gasteiger partial charge in [-0.05, 0) is 31.9 Å². The molecule has 2 N–H and O–H groups in total. The van der Waals surface area contributed by atoms with Crippen LogP contribution in [0.4, 0.5) is 4.79 Å². The van der Waals surface area contributed by atoms with E-state index in [4.69, 9.17) is 23.2 Å². The van der Waals surface area contributed by atoms with Crippen LogP contribution in [0.15, 0.2) is 17.7 Å².